The molecule has 1 heterocycles. The molecule has 0 radical (unpaired) electrons. The number of hydrogen-bond donors (Lipinski definition) is 1. The maximum Gasteiger partial charge on any atom is 0.237 e. The zero-order valence-electron chi connectivity index (χ0n) is 14.4. The first-order chi connectivity index (χ1) is 12.6. The van der Waals surface area contributed by atoms with E-state index in [0.29, 0.717) is 10.2 Å². The summed E-state index contributed by atoms with van der Waals surface area (Å²) in [5, 5.41) is 15.5. The summed E-state index contributed by atoms with van der Waals surface area (Å²) in [6.45, 7) is 3.92. The number of hydrogen-bond acceptors (Lipinski definition) is 5. The number of anilines is 1. The Hall–Kier alpha value is -2.38. The number of carbonyl (C=O) groups is 1. The largest absolute Gasteiger partial charge is 0.325 e. The van der Waals surface area contributed by atoms with Gasteiger partial charge in [-0.3, -0.25) is 4.79 Å². The zero-order valence-corrected chi connectivity index (χ0v) is 16.0. The Morgan fingerprint density at radius 1 is 1.19 bits per heavy atom. The standard InChI is InChI=1S/C18H18ClN5OS/c1-3-13-4-8-15(9-5-13)20-17(25)12(2)26-18-21-22-23-24(18)16-10-6-14(19)7-11-16/h4-12H,3H2,1-2H3,(H,20,25)/t12-/m0/s1. The molecule has 0 saturated heterocycles. The topological polar surface area (TPSA) is 72.7 Å². The second kappa shape index (κ2) is 8.33. The van der Waals surface area contributed by atoms with E-state index in [9.17, 15) is 4.79 Å². The highest BCUT2D eigenvalue weighted by atomic mass is 35.5. The number of thioether (sulfide) groups is 1. The van der Waals surface area contributed by atoms with Crippen molar-refractivity contribution in [2.24, 2.45) is 0 Å². The Labute approximate surface area is 160 Å². The molecule has 26 heavy (non-hydrogen) atoms. The van der Waals surface area contributed by atoms with E-state index in [0.717, 1.165) is 17.8 Å². The van der Waals surface area contributed by atoms with Gasteiger partial charge in [0.2, 0.25) is 11.1 Å². The lowest BCUT2D eigenvalue weighted by Gasteiger charge is -2.12. The van der Waals surface area contributed by atoms with Gasteiger partial charge in [-0.1, -0.05) is 42.4 Å². The number of amides is 1. The second-order valence-corrected chi connectivity index (χ2v) is 7.39. The van der Waals surface area contributed by atoms with E-state index in [1.54, 1.807) is 16.8 Å². The van der Waals surface area contributed by atoms with E-state index >= 15 is 0 Å². The van der Waals surface area contributed by atoms with Crippen molar-refractivity contribution in [3.63, 3.8) is 0 Å². The lowest BCUT2D eigenvalue weighted by atomic mass is 10.1. The fraction of sp³-hybridized carbons (Fsp3) is 0.222. The number of rotatable bonds is 6. The summed E-state index contributed by atoms with van der Waals surface area (Å²) >= 11 is 7.21. The molecule has 8 heteroatoms. The molecule has 2 aromatic carbocycles. The van der Waals surface area contributed by atoms with Gasteiger partial charge in [-0.2, -0.15) is 4.68 Å². The maximum absolute atomic E-state index is 12.5. The van der Waals surface area contributed by atoms with Gasteiger partial charge in [-0.15, -0.1) is 5.10 Å². The van der Waals surface area contributed by atoms with Crippen LogP contribution < -0.4 is 5.32 Å². The Morgan fingerprint density at radius 3 is 2.54 bits per heavy atom. The van der Waals surface area contributed by atoms with Crippen LogP contribution in [0.1, 0.15) is 19.4 Å². The summed E-state index contributed by atoms with van der Waals surface area (Å²) in [5.74, 6) is -0.107. The molecular weight excluding hydrogens is 370 g/mol. The average molecular weight is 388 g/mol. The van der Waals surface area contributed by atoms with Crippen LogP contribution in [0, 0.1) is 0 Å². The van der Waals surface area contributed by atoms with E-state index in [1.165, 1.54) is 17.3 Å². The van der Waals surface area contributed by atoms with Crippen LogP contribution in [-0.2, 0) is 11.2 Å². The summed E-state index contributed by atoms with van der Waals surface area (Å²) < 4.78 is 1.58. The fourth-order valence-corrected chi connectivity index (χ4v) is 3.21. The van der Waals surface area contributed by atoms with Crippen LogP contribution >= 0.6 is 23.4 Å². The minimum absolute atomic E-state index is 0.107. The molecule has 0 fully saturated rings. The van der Waals surface area contributed by atoms with Crippen LogP contribution in [0.2, 0.25) is 5.02 Å². The Bertz CT molecular complexity index is 879. The van der Waals surface area contributed by atoms with Crippen LogP contribution in [0.15, 0.2) is 53.7 Å². The highest BCUT2D eigenvalue weighted by Crippen LogP contribution is 2.24. The number of nitrogens with one attached hydrogen (secondary N) is 1. The van der Waals surface area contributed by atoms with E-state index < -0.39 is 0 Å². The van der Waals surface area contributed by atoms with Crippen molar-refractivity contribution in [1.82, 2.24) is 20.2 Å². The van der Waals surface area contributed by atoms with Gasteiger partial charge < -0.3 is 5.32 Å². The van der Waals surface area contributed by atoms with Crippen molar-refractivity contribution in [3.05, 3.63) is 59.1 Å². The van der Waals surface area contributed by atoms with Crippen molar-refractivity contribution < 1.29 is 4.79 Å². The predicted molar refractivity (Wildman–Crippen MR) is 104 cm³/mol. The predicted octanol–water partition coefficient (Wildman–Crippen LogP) is 4.00. The number of carbonyl (C=O) groups excluding carboxylic acids is 1. The lowest BCUT2D eigenvalue weighted by molar-refractivity contribution is -0.115. The Morgan fingerprint density at radius 2 is 1.88 bits per heavy atom. The molecule has 1 atom stereocenters. The maximum atomic E-state index is 12.5. The van der Waals surface area contributed by atoms with E-state index in [2.05, 4.69) is 27.8 Å². The molecule has 1 aromatic heterocycles. The Balaban J connectivity index is 1.67. The average Bonchev–Trinajstić information content (AvgIpc) is 3.11. The van der Waals surface area contributed by atoms with Gasteiger partial charge in [0.1, 0.15) is 0 Å². The van der Waals surface area contributed by atoms with Gasteiger partial charge in [0.25, 0.3) is 0 Å². The minimum Gasteiger partial charge on any atom is -0.325 e. The summed E-state index contributed by atoms with van der Waals surface area (Å²) in [4.78, 5) is 12.5. The van der Waals surface area contributed by atoms with Crippen LogP contribution in [0.3, 0.4) is 0 Å². The monoisotopic (exact) mass is 387 g/mol. The van der Waals surface area contributed by atoms with Gasteiger partial charge in [0.05, 0.1) is 10.9 Å². The first-order valence-corrected chi connectivity index (χ1v) is 9.43. The molecule has 3 aromatic rings. The van der Waals surface area contributed by atoms with E-state index in [4.69, 9.17) is 11.6 Å². The SMILES string of the molecule is CCc1ccc(NC(=O)[C@H](C)Sc2nnnn2-c2ccc(Cl)cc2)cc1. The molecule has 1 amide bonds. The number of tetrazole rings is 1. The first-order valence-electron chi connectivity index (χ1n) is 8.17. The number of aromatic nitrogens is 4. The molecule has 0 aliphatic rings. The summed E-state index contributed by atoms with van der Waals surface area (Å²) in [5.41, 5.74) is 2.79. The quantitative estimate of drug-likeness (QED) is 0.647. The molecule has 0 unspecified atom stereocenters. The van der Waals surface area contributed by atoms with E-state index in [1.807, 2.05) is 43.3 Å². The van der Waals surface area contributed by atoms with Gasteiger partial charge in [0, 0.05) is 10.7 Å². The highest BCUT2D eigenvalue weighted by Gasteiger charge is 2.19. The number of aryl methyl sites for hydroxylation is 1. The molecule has 0 spiro atoms. The van der Waals surface area contributed by atoms with Crippen molar-refractivity contribution >= 4 is 35.0 Å². The smallest absolute Gasteiger partial charge is 0.237 e. The molecule has 1 N–H and O–H groups in total. The molecule has 3 rings (SSSR count). The van der Waals surface area contributed by atoms with E-state index in [-0.39, 0.29) is 11.2 Å². The molecule has 0 aliphatic carbocycles. The molecular formula is C18H18ClN5OS. The minimum atomic E-state index is -0.363. The van der Waals surface area contributed by atoms with Crippen molar-refractivity contribution in [2.75, 3.05) is 5.32 Å². The van der Waals surface area contributed by atoms with Gasteiger partial charge in [-0.25, -0.2) is 0 Å². The molecule has 0 aliphatic heterocycles. The third kappa shape index (κ3) is 4.42. The number of nitrogens with zero attached hydrogens (tertiary/aromatic N) is 4. The lowest BCUT2D eigenvalue weighted by Crippen LogP contribution is -2.22. The fourth-order valence-electron chi connectivity index (χ4n) is 2.28. The van der Waals surface area contributed by atoms with Crippen molar-refractivity contribution in [1.29, 1.82) is 0 Å². The Kier molecular flexibility index (Phi) is 5.90. The molecule has 0 saturated carbocycles. The summed E-state index contributed by atoms with van der Waals surface area (Å²) in [6, 6.07) is 15.0. The van der Waals surface area contributed by atoms with Crippen molar-refractivity contribution in [3.8, 4) is 5.69 Å². The molecule has 6 nitrogen and oxygen atoms in total. The molecule has 0 bridgehead atoms. The normalized spacial score (nSPS) is 12.0. The van der Waals surface area contributed by atoms with Crippen molar-refractivity contribution in [2.45, 2.75) is 30.7 Å². The van der Waals surface area contributed by atoms with Crippen LogP contribution in [-0.4, -0.2) is 31.4 Å². The second-order valence-electron chi connectivity index (χ2n) is 5.65. The highest BCUT2D eigenvalue weighted by molar-refractivity contribution is 8.00. The van der Waals surface area contributed by atoms with Crippen LogP contribution in [0.25, 0.3) is 5.69 Å². The van der Waals surface area contributed by atoms with Gasteiger partial charge in [-0.05, 0) is 65.7 Å². The van der Waals surface area contributed by atoms with Crippen LogP contribution in [0.4, 0.5) is 5.69 Å². The molecule has 134 valence electrons. The summed E-state index contributed by atoms with van der Waals surface area (Å²) in [7, 11) is 0. The zero-order chi connectivity index (χ0) is 18.5. The van der Waals surface area contributed by atoms with Gasteiger partial charge in [0.15, 0.2) is 0 Å². The third-order valence-corrected chi connectivity index (χ3v) is 5.08. The third-order valence-electron chi connectivity index (χ3n) is 3.79. The number of halogens is 1. The van der Waals surface area contributed by atoms with Crippen LogP contribution in [0.5, 0.6) is 0 Å². The van der Waals surface area contributed by atoms with Gasteiger partial charge >= 0.3 is 0 Å². The number of benzene rings is 2. The summed E-state index contributed by atoms with van der Waals surface area (Å²) in [6.07, 6.45) is 0.966. The first kappa shape index (κ1) is 18.4.